The van der Waals surface area contributed by atoms with E-state index in [-0.39, 0.29) is 5.91 Å². The van der Waals surface area contributed by atoms with Crippen LogP contribution in [0.4, 0.5) is 5.69 Å². The predicted molar refractivity (Wildman–Crippen MR) is 131 cm³/mol. The molecule has 2 aromatic heterocycles. The number of rotatable bonds is 5. The number of hydrogen-bond acceptors (Lipinski definition) is 4. The second kappa shape index (κ2) is 8.63. The molecule has 5 nitrogen and oxygen atoms in total. The lowest BCUT2D eigenvalue weighted by Gasteiger charge is -2.01. The first-order valence-electron chi connectivity index (χ1n) is 10.7. The first-order valence-corrected chi connectivity index (χ1v) is 10.7. The summed E-state index contributed by atoms with van der Waals surface area (Å²) in [5.41, 5.74) is 6.24. The molecule has 0 unspecified atom stereocenters. The van der Waals surface area contributed by atoms with Gasteiger partial charge in [0.15, 0.2) is 5.58 Å². The van der Waals surface area contributed by atoms with Gasteiger partial charge in [0.05, 0.1) is 0 Å². The van der Waals surface area contributed by atoms with Crippen molar-refractivity contribution < 1.29 is 13.6 Å². The molecule has 0 aliphatic carbocycles. The van der Waals surface area contributed by atoms with Gasteiger partial charge in [0.25, 0.3) is 0 Å². The van der Waals surface area contributed by atoms with E-state index >= 15 is 0 Å². The van der Waals surface area contributed by atoms with Crippen molar-refractivity contribution in [3.8, 4) is 22.8 Å². The normalized spacial score (nSPS) is 11.3. The molecule has 5 heteroatoms. The van der Waals surface area contributed by atoms with E-state index in [2.05, 4.69) is 23.3 Å². The number of carbonyl (C=O) groups is 1. The van der Waals surface area contributed by atoms with Crippen molar-refractivity contribution in [3.05, 3.63) is 102 Å². The van der Waals surface area contributed by atoms with Crippen LogP contribution >= 0.6 is 0 Å². The minimum Gasteiger partial charge on any atom is -0.457 e. The lowest BCUT2D eigenvalue weighted by atomic mass is 10.1. The molecule has 33 heavy (non-hydrogen) atoms. The fourth-order valence-electron chi connectivity index (χ4n) is 3.72. The number of benzene rings is 3. The van der Waals surface area contributed by atoms with Crippen molar-refractivity contribution in [3.63, 3.8) is 0 Å². The molecule has 5 aromatic rings. The Balaban J connectivity index is 1.30. The lowest BCUT2D eigenvalue weighted by Crippen LogP contribution is -2.07. The van der Waals surface area contributed by atoms with Crippen molar-refractivity contribution in [1.82, 2.24) is 4.98 Å². The van der Waals surface area contributed by atoms with Gasteiger partial charge < -0.3 is 14.2 Å². The average molecular weight is 434 g/mol. The maximum atomic E-state index is 12.4. The van der Waals surface area contributed by atoms with Gasteiger partial charge in [0.2, 0.25) is 11.8 Å². The zero-order chi connectivity index (χ0) is 22.8. The summed E-state index contributed by atoms with van der Waals surface area (Å²) in [6.07, 6.45) is 3.09. The molecule has 162 valence electrons. The Kier molecular flexibility index (Phi) is 5.37. The number of nitrogens with one attached hydrogen (secondary N) is 1. The van der Waals surface area contributed by atoms with Crippen LogP contribution in [-0.2, 0) is 4.79 Å². The molecule has 1 amide bonds. The summed E-state index contributed by atoms with van der Waals surface area (Å²) in [7, 11) is 0. The highest BCUT2D eigenvalue weighted by atomic mass is 16.3. The van der Waals surface area contributed by atoms with Crippen LogP contribution in [0.25, 0.3) is 40.0 Å². The first-order chi connectivity index (χ1) is 16.0. The van der Waals surface area contributed by atoms with E-state index in [1.54, 1.807) is 18.2 Å². The zero-order valence-electron chi connectivity index (χ0n) is 18.3. The van der Waals surface area contributed by atoms with Crippen molar-refractivity contribution in [2.24, 2.45) is 0 Å². The highest BCUT2D eigenvalue weighted by Crippen LogP contribution is 2.29. The molecule has 3 aromatic carbocycles. The van der Waals surface area contributed by atoms with Crippen molar-refractivity contribution >= 4 is 28.8 Å². The van der Waals surface area contributed by atoms with Crippen LogP contribution in [0.15, 0.2) is 93.8 Å². The smallest absolute Gasteiger partial charge is 0.248 e. The van der Waals surface area contributed by atoms with E-state index < -0.39 is 0 Å². The second-order valence-corrected chi connectivity index (χ2v) is 7.91. The molecule has 0 saturated carbocycles. The summed E-state index contributed by atoms with van der Waals surface area (Å²) in [6, 6.07) is 25.1. The summed E-state index contributed by atoms with van der Waals surface area (Å²) in [6.45, 7) is 4.09. The SMILES string of the molecule is Cc1ccc(-c2nc3cc(NC(=O)/C=C/c4ccc(-c5ccccc5)o4)ccc3o2)c(C)c1. The zero-order valence-corrected chi connectivity index (χ0v) is 18.3. The van der Waals surface area contributed by atoms with Crippen molar-refractivity contribution in [2.45, 2.75) is 13.8 Å². The molecule has 0 radical (unpaired) electrons. The van der Waals surface area contributed by atoms with Gasteiger partial charge in [-0.05, 0) is 61.9 Å². The van der Waals surface area contributed by atoms with Gasteiger partial charge in [-0.1, -0.05) is 48.0 Å². The monoisotopic (exact) mass is 434 g/mol. The van der Waals surface area contributed by atoms with Gasteiger partial charge >= 0.3 is 0 Å². The molecule has 0 bridgehead atoms. The van der Waals surface area contributed by atoms with E-state index in [0.29, 0.717) is 28.4 Å². The Morgan fingerprint density at radius 1 is 0.909 bits per heavy atom. The Bertz CT molecular complexity index is 1480. The number of aromatic nitrogens is 1. The fourth-order valence-corrected chi connectivity index (χ4v) is 3.72. The number of carbonyl (C=O) groups excluding carboxylic acids is 1. The van der Waals surface area contributed by atoms with E-state index in [4.69, 9.17) is 8.83 Å². The molecular formula is C28H22N2O3. The van der Waals surface area contributed by atoms with E-state index in [0.717, 1.165) is 22.5 Å². The highest BCUT2D eigenvalue weighted by Gasteiger charge is 2.12. The maximum Gasteiger partial charge on any atom is 0.248 e. The van der Waals surface area contributed by atoms with Crippen LogP contribution in [-0.4, -0.2) is 10.9 Å². The molecule has 0 aliphatic rings. The van der Waals surface area contributed by atoms with Crippen LogP contribution in [0.1, 0.15) is 16.9 Å². The molecule has 0 aliphatic heterocycles. The second-order valence-electron chi connectivity index (χ2n) is 7.91. The largest absolute Gasteiger partial charge is 0.457 e. The summed E-state index contributed by atoms with van der Waals surface area (Å²) < 4.78 is 11.7. The number of hydrogen-bond donors (Lipinski definition) is 1. The number of anilines is 1. The molecule has 1 N–H and O–H groups in total. The molecule has 0 spiro atoms. The molecule has 0 atom stereocenters. The van der Waals surface area contributed by atoms with E-state index in [9.17, 15) is 4.79 Å². The van der Waals surface area contributed by atoms with Crippen molar-refractivity contribution in [1.29, 1.82) is 0 Å². The molecule has 0 saturated heterocycles. The molecule has 5 rings (SSSR count). The summed E-state index contributed by atoms with van der Waals surface area (Å²) in [5, 5.41) is 2.86. The summed E-state index contributed by atoms with van der Waals surface area (Å²) in [4.78, 5) is 17.0. The number of oxazole rings is 1. The number of furan rings is 1. The van der Waals surface area contributed by atoms with Gasteiger partial charge in [-0.15, -0.1) is 0 Å². The van der Waals surface area contributed by atoms with E-state index in [1.807, 2.05) is 67.6 Å². The molecule has 2 heterocycles. The van der Waals surface area contributed by atoms with Gasteiger partial charge in [-0.2, -0.15) is 0 Å². The quantitative estimate of drug-likeness (QED) is 0.302. The van der Waals surface area contributed by atoms with Gasteiger partial charge in [0, 0.05) is 22.9 Å². The predicted octanol–water partition coefficient (Wildman–Crippen LogP) is 7.02. The minimum absolute atomic E-state index is 0.259. The average Bonchev–Trinajstić information content (AvgIpc) is 3.45. The number of nitrogens with zero attached hydrogens (tertiary/aromatic N) is 1. The Hall–Kier alpha value is -4.38. The lowest BCUT2D eigenvalue weighted by molar-refractivity contribution is -0.111. The van der Waals surface area contributed by atoms with Crippen LogP contribution < -0.4 is 5.32 Å². The third kappa shape index (κ3) is 4.48. The topological polar surface area (TPSA) is 68.3 Å². The number of amides is 1. The van der Waals surface area contributed by atoms with E-state index in [1.165, 1.54) is 11.6 Å². The maximum absolute atomic E-state index is 12.4. The van der Waals surface area contributed by atoms with Crippen molar-refractivity contribution in [2.75, 3.05) is 5.32 Å². The van der Waals surface area contributed by atoms with Crippen LogP contribution in [0.5, 0.6) is 0 Å². The standard InChI is InChI=1S/C28H22N2O3/c1-18-8-12-23(19(2)16-18)28-30-24-17-21(9-13-26(24)33-28)29-27(31)15-11-22-10-14-25(32-22)20-6-4-3-5-7-20/h3-17H,1-2H3,(H,29,31)/b15-11+. The Morgan fingerprint density at radius 3 is 2.58 bits per heavy atom. The molecule has 0 fully saturated rings. The Labute approximate surface area is 191 Å². The first kappa shape index (κ1) is 20.5. The van der Waals surface area contributed by atoms with Crippen LogP contribution in [0.2, 0.25) is 0 Å². The third-order valence-electron chi connectivity index (χ3n) is 5.35. The number of aryl methyl sites for hydroxylation is 2. The van der Waals surface area contributed by atoms with Crippen LogP contribution in [0, 0.1) is 13.8 Å². The fraction of sp³-hybridized carbons (Fsp3) is 0.0714. The third-order valence-corrected chi connectivity index (χ3v) is 5.35. The Morgan fingerprint density at radius 2 is 1.76 bits per heavy atom. The van der Waals surface area contributed by atoms with Gasteiger partial charge in [0.1, 0.15) is 17.0 Å². The molecular weight excluding hydrogens is 412 g/mol. The highest BCUT2D eigenvalue weighted by molar-refractivity contribution is 6.02. The van der Waals surface area contributed by atoms with Crippen LogP contribution in [0.3, 0.4) is 0 Å². The summed E-state index contributed by atoms with van der Waals surface area (Å²) >= 11 is 0. The minimum atomic E-state index is -0.259. The van der Waals surface area contributed by atoms with Gasteiger partial charge in [-0.25, -0.2) is 4.98 Å². The number of fused-ring (bicyclic) bond motifs is 1. The summed E-state index contributed by atoms with van der Waals surface area (Å²) in [5.74, 6) is 1.67. The van der Waals surface area contributed by atoms with Gasteiger partial charge in [-0.3, -0.25) is 4.79 Å².